The molecule has 20 heavy (non-hydrogen) atoms. The number of hydrogen-bond donors (Lipinski definition) is 0. The second kappa shape index (κ2) is 5.47. The average molecular weight is 275 g/mol. The first-order valence-electron chi connectivity index (χ1n) is 7.39. The molecule has 0 N–H and O–H groups in total. The van der Waals surface area contributed by atoms with E-state index in [1.54, 1.807) is 4.90 Å². The second-order valence-corrected chi connectivity index (χ2v) is 6.67. The van der Waals surface area contributed by atoms with Crippen LogP contribution in [0.3, 0.4) is 0 Å². The Bertz CT molecular complexity index is 502. The fourth-order valence-corrected chi connectivity index (χ4v) is 2.41. The predicted molar refractivity (Wildman–Crippen MR) is 80.6 cm³/mol. The Balaban J connectivity index is 2.09. The van der Waals surface area contributed by atoms with Gasteiger partial charge in [0, 0.05) is 13.1 Å². The van der Waals surface area contributed by atoms with Crippen molar-refractivity contribution in [3.8, 4) is 0 Å². The van der Waals surface area contributed by atoms with Gasteiger partial charge in [0.15, 0.2) is 0 Å². The highest BCUT2D eigenvalue weighted by Crippen LogP contribution is 2.28. The first-order chi connectivity index (χ1) is 9.30. The second-order valence-electron chi connectivity index (χ2n) is 6.67. The van der Waals surface area contributed by atoms with Gasteiger partial charge in [0.05, 0.1) is 0 Å². The first kappa shape index (κ1) is 14.9. The lowest BCUT2D eigenvalue weighted by molar-refractivity contribution is 0.0242. The number of rotatable bonds is 2. The van der Waals surface area contributed by atoms with Crippen LogP contribution in [0.1, 0.15) is 63.6 Å². The number of amides is 1. The Kier molecular flexibility index (Phi) is 4.07. The van der Waals surface area contributed by atoms with Gasteiger partial charge in [-0.25, -0.2) is 4.79 Å². The van der Waals surface area contributed by atoms with Crippen LogP contribution in [0.15, 0.2) is 18.2 Å². The van der Waals surface area contributed by atoms with Crippen LogP contribution in [-0.4, -0.2) is 16.6 Å². The van der Waals surface area contributed by atoms with Gasteiger partial charge >= 0.3 is 6.09 Å². The Morgan fingerprint density at radius 2 is 1.95 bits per heavy atom. The lowest BCUT2D eigenvalue weighted by atomic mass is 9.95. The zero-order chi connectivity index (χ0) is 14.9. The zero-order valence-corrected chi connectivity index (χ0v) is 13.2. The molecule has 1 aromatic rings. The molecule has 110 valence electrons. The van der Waals surface area contributed by atoms with E-state index in [4.69, 9.17) is 4.74 Å². The number of hydrogen-bond acceptors (Lipinski definition) is 2. The van der Waals surface area contributed by atoms with Crippen molar-refractivity contribution in [1.29, 1.82) is 0 Å². The van der Waals surface area contributed by atoms with Crippen LogP contribution >= 0.6 is 0 Å². The lowest BCUT2D eigenvalue weighted by Crippen LogP contribution is -2.33. The van der Waals surface area contributed by atoms with Gasteiger partial charge in [-0.05, 0) is 49.8 Å². The van der Waals surface area contributed by atoms with Crippen molar-refractivity contribution in [2.24, 2.45) is 0 Å². The van der Waals surface area contributed by atoms with Crippen LogP contribution < -0.4 is 0 Å². The summed E-state index contributed by atoms with van der Waals surface area (Å²) in [5.41, 5.74) is 3.42. The third kappa shape index (κ3) is 3.33. The number of fused-ring (bicyclic) bond motifs is 1. The van der Waals surface area contributed by atoms with E-state index in [-0.39, 0.29) is 6.09 Å². The normalized spacial score (nSPS) is 15.9. The van der Waals surface area contributed by atoms with Gasteiger partial charge < -0.3 is 4.74 Å². The summed E-state index contributed by atoms with van der Waals surface area (Å²) in [6.07, 6.45) is 0.910. The molecule has 1 atom stereocenters. The molecule has 0 saturated heterocycles. The van der Waals surface area contributed by atoms with Crippen molar-refractivity contribution < 1.29 is 9.53 Å². The SMILES string of the molecule is CCC(C)c1ccc2c(c1)CN(C(=O)OC(C)(C)C)C2. The molecule has 0 bridgehead atoms. The Hall–Kier alpha value is -1.51. The maximum absolute atomic E-state index is 12.1. The molecule has 0 spiro atoms. The van der Waals surface area contributed by atoms with Crippen molar-refractivity contribution in [3.63, 3.8) is 0 Å². The molecule has 0 aliphatic carbocycles. The Morgan fingerprint density at radius 3 is 2.55 bits per heavy atom. The van der Waals surface area contributed by atoms with Crippen molar-refractivity contribution in [3.05, 3.63) is 34.9 Å². The minimum atomic E-state index is -0.437. The minimum absolute atomic E-state index is 0.223. The predicted octanol–water partition coefficient (Wildman–Crippen LogP) is 4.45. The van der Waals surface area contributed by atoms with Gasteiger partial charge in [-0.15, -0.1) is 0 Å². The summed E-state index contributed by atoms with van der Waals surface area (Å²) in [5, 5.41) is 0. The summed E-state index contributed by atoms with van der Waals surface area (Å²) < 4.78 is 5.44. The van der Waals surface area contributed by atoms with Crippen LogP contribution in [0.4, 0.5) is 4.79 Å². The van der Waals surface area contributed by atoms with Crippen LogP contribution in [0.25, 0.3) is 0 Å². The molecule has 1 unspecified atom stereocenters. The summed E-state index contributed by atoms with van der Waals surface area (Å²) in [6.45, 7) is 11.5. The smallest absolute Gasteiger partial charge is 0.410 e. The molecule has 1 heterocycles. The monoisotopic (exact) mass is 275 g/mol. The summed E-state index contributed by atoms with van der Waals surface area (Å²) >= 11 is 0. The van der Waals surface area contributed by atoms with Gasteiger partial charge in [-0.3, -0.25) is 4.90 Å². The summed E-state index contributed by atoms with van der Waals surface area (Å²) in [5.74, 6) is 0.566. The molecule has 1 aromatic carbocycles. The van der Waals surface area contributed by atoms with Gasteiger partial charge in [-0.1, -0.05) is 32.0 Å². The van der Waals surface area contributed by atoms with Gasteiger partial charge in [0.1, 0.15) is 5.60 Å². The van der Waals surface area contributed by atoms with E-state index in [2.05, 4.69) is 32.0 Å². The first-order valence-corrected chi connectivity index (χ1v) is 7.39. The third-order valence-electron chi connectivity index (χ3n) is 3.79. The van der Waals surface area contributed by atoms with Gasteiger partial charge in [-0.2, -0.15) is 0 Å². The number of carbonyl (C=O) groups excluding carboxylic acids is 1. The number of benzene rings is 1. The Labute approximate surface area is 121 Å². The van der Waals surface area contributed by atoms with Crippen LogP contribution in [0.2, 0.25) is 0 Å². The summed E-state index contributed by atoms with van der Waals surface area (Å²) in [7, 11) is 0. The molecule has 0 radical (unpaired) electrons. The van der Waals surface area contributed by atoms with Crippen molar-refractivity contribution in [2.45, 2.75) is 65.6 Å². The van der Waals surface area contributed by atoms with Crippen LogP contribution in [0, 0.1) is 0 Å². The topological polar surface area (TPSA) is 29.5 Å². The molecule has 3 heteroatoms. The van der Waals surface area contributed by atoms with E-state index in [1.807, 2.05) is 20.8 Å². The van der Waals surface area contributed by atoms with E-state index in [0.717, 1.165) is 6.42 Å². The van der Waals surface area contributed by atoms with Crippen LogP contribution in [-0.2, 0) is 17.8 Å². The molecular weight excluding hydrogens is 250 g/mol. The molecule has 1 amide bonds. The maximum atomic E-state index is 12.1. The maximum Gasteiger partial charge on any atom is 0.410 e. The van der Waals surface area contributed by atoms with Crippen molar-refractivity contribution >= 4 is 6.09 Å². The molecule has 0 saturated carbocycles. The van der Waals surface area contributed by atoms with Crippen molar-refractivity contribution in [1.82, 2.24) is 4.90 Å². The van der Waals surface area contributed by atoms with E-state index in [0.29, 0.717) is 19.0 Å². The molecule has 2 rings (SSSR count). The van der Waals surface area contributed by atoms with Gasteiger partial charge in [0.25, 0.3) is 0 Å². The fourth-order valence-electron chi connectivity index (χ4n) is 2.41. The van der Waals surface area contributed by atoms with E-state index in [9.17, 15) is 4.79 Å². The number of nitrogens with zero attached hydrogens (tertiary/aromatic N) is 1. The molecule has 1 aliphatic heterocycles. The summed E-state index contributed by atoms with van der Waals surface area (Å²) in [4.78, 5) is 13.9. The molecule has 1 aliphatic rings. The number of carbonyl (C=O) groups is 1. The van der Waals surface area contributed by atoms with E-state index in [1.165, 1.54) is 16.7 Å². The van der Waals surface area contributed by atoms with Crippen molar-refractivity contribution in [2.75, 3.05) is 0 Å². The highest BCUT2D eigenvalue weighted by molar-refractivity contribution is 5.69. The highest BCUT2D eigenvalue weighted by Gasteiger charge is 2.27. The standard InChI is InChI=1S/C17H25NO2/c1-6-12(2)13-7-8-14-10-18(11-15(14)9-13)16(19)20-17(3,4)5/h7-9,12H,6,10-11H2,1-5H3. The van der Waals surface area contributed by atoms with Gasteiger partial charge in [0.2, 0.25) is 0 Å². The fraction of sp³-hybridized carbons (Fsp3) is 0.588. The minimum Gasteiger partial charge on any atom is -0.444 e. The molecule has 0 aromatic heterocycles. The molecule has 0 fully saturated rings. The molecule has 3 nitrogen and oxygen atoms in total. The Morgan fingerprint density at radius 1 is 1.30 bits per heavy atom. The van der Waals surface area contributed by atoms with E-state index >= 15 is 0 Å². The third-order valence-corrected chi connectivity index (χ3v) is 3.79. The molecular formula is C17H25NO2. The van der Waals surface area contributed by atoms with Crippen LogP contribution in [0.5, 0.6) is 0 Å². The zero-order valence-electron chi connectivity index (χ0n) is 13.2. The average Bonchev–Trinajstić information content (AvgIpc) is 2.78. The quantitative estimate of drug-likeness (QED) is 0.798. The van der Waals surface area contributed by atoms with E-state index < -0.39 is 5.60 Å². The summed E-state index contributed by atoms with van der Waals surface area (Å²) in [6, 6.07) is 6.58. The lowest BCUT2D eigenvalue weighted by Gasteiger charge is -2.24. The highest BCUT2D eigenvalue weighted by atomic mass is 16.6. The number of ether oxygens (including phenoxy) is 1. The largest absolute Gasteiger partial charge is 0.444 e.